The molecule has 0 aliphatic carbocycles. The van der Waals surface area contributed by atoms with E-state index in [2.05, 4.69) is 0 Å². The van der Waals surface area contributed by atoms with Crippen LogP contribution in [0.1, 0.15) is 33.6 Å². The van der Waals surface area contributed by atoms with Gasteiger partial charge >= 0.3 is 5.97 Å². The van der Waals surface area contributed by atoms with Crippen LogP contribution in [0.3, 0.4) is 0 Å². The van der Waals surface area contributed by atoms with E-state index in [9.17, 15) is 9.59 Å². The second kappa shape index (κ2) is 8.39. The third kappa shape index (κ3) is 8.07. The van der Waals surface area contributed by atoms with E-state index < -0.39 is 5.97 Å². The predicted octanol–water partition coefficient (Wildman–Crippen LogP) is 2.09. The lowest BCUT2D eigenvalue weighted by Crippen LogP contribution is -2.37. The van der Waals surface area contributed by atoms with Gasteiger partial charge in [-0.05, 0) is 12.2 Å². The van der Waals surface area contributed by atoms with Crippen LogP contribution in [0, 0.1) is 5.92 Å². The second-order valence-corrected chi connectivity index (χ2v) is 5.90. The fourth-order valence-electron chi connectivity index (χ4n) is 1.45. The summed E-state index contributed by atoms with van der Waals surface area (Å²) >= 11 is 1.65. The zero-order valence-corrected chi connectivity index (χ0v) is 11.9. The summed E-state index contributed by atoms with van der Waals surface area (Å²) in [7, 11) is 0. The van der Waals surface area contributed by atoms with E-state index in [0.29, 0.717) is 25.4 Å². The van der Waals surface area contributed by atoms with Crippen LogP contribution in [-0.4, -0.2) is 46.5 Å². The summed E-state index contributed by atoms with van der Waals surface area (Å²) in [6, 6.07) is 0. The summed E-state index contributed by atoms with van der Waals surface area (Å²) in [5.74, 6) is -0.441. The molecule has 0 saturated carbocycles. The van der Waals surface area contributed by atoms with Crippen LogP contribution in [-0.2, 0) is 9.59 Å². The molecule has 0 aromatic carbocycles. The van der Waals surface area contributed by atoms with E-state index in [1.165, 1.54) is 0 Å². The van der Waals surface area contributed by atoms with E-state index in [-0.39, 0.29) is 17.6 Å². The number of carbonyl (C=O) groups is 2. The van der Waals surface area contributed by atoms with E-state index in [4.69, 9.17) is 5.11 Å². The molecular formula is C12H23NO3S. The molecule has 0 radical (unpaired) electrons. The Morgan fingerprint density at radius 3 is 2.29 bits per heavy atom. The molecule has 1 unspecified atom stereocenters. The summed E-state index contributed by atoms with van der Waals surface area (Å²) in [6.45, 7) is 7.01. The second-order valence-electron chi connectivity index (χ2n) is 4.63. The molecule has 17 heavy (non-hydrogen) atoms. The Bertz CT molecular complexity index is 256. The van der Waals surface area contributed by atoms with Crippen molar-refractivity contribution < 1.29 is 14.7 Å². The molecule has 0 aromatic heterocycles. The molecule has 4 nitrogen and oxygen atoms in total. The van der Waals surface area contributed by atoms with Gasteiger partial charge in [0.15, 0.2) is 0 Å². The van der Waals surface area contributed by atoms with Gasteiger partial charge in [0.25, 0.3) is 0 Å². The van der Waals surface area contributed by atoms with Gasteiger partial charge in [0.1, 0.15) is 0 Å². The smallest absolute Gasteiger partial charge is 0.305 e. The summed E-state index contributed by atoms with van der Waals surface area (Å²) < 4.78 is 0. The first kappa shape index (κ1) is 16.3. The first-order chi connectivity index (χ1) is 7.86. The van der Waals surface area contributed by atoms with Gasteiger partial charge in [0, 0.05) is 24.8 Å². The maximum absolute atomic E-state index is 12.0. The van der Waals surface area contributed by atoms with Crippen molar-refractivity contribution in [2.45, 2.75) is 38.9 Å². The highest BCUT2D eigenvalue weighted by Crippen LogP contribution is 2.12. The molecule has 5 heteroatoms. The number of rotatable bonds is 8. The van der Waals surface area contributed by atoms with Crippen LogP contribution >= 0.6 is 11.8 Å². The number of thioether (sulfide) groups is 1. The van der Waals surface area contributed by atoms with E-state index in [1.54, 1.807) is 16.7 Å². The highest BCUT2D eigenvalue weighted by atomic mass is 32.2. The van der Waals surface area contributed by atoms with Crippen LogP contribution in [0.4, 0.5) is 0 Å². The highest BCUT2D eigenvalue weighted by molar-refractivity contribution is 7.99. The van der Waals surface area contributed by atoms with Crippen molar-refractivity contribution in [2.75, 3.05) is 19.3 Å². The molecule has 0 fully saturated rings. The Morgan fingerprint density at radius 1 is 1.29 bits per heavy atom. The fraction of sp³-hybridized carbons (Fsp3) is 0.833. The van der Waals surface area contributed by atoms with E-state index in [0.717, 1.165) is 0 Å². The molecule has 0 aliphatic heterocycles. The minimum absolute atomic E-state index is 0.0199. The van der Waals surface area contributed by atoms with Crippen molar-refractivity contribution in [2.24, 2.45) is 5.92 Å². The summed E-state index contributed by atoms with van der Waals surface area (Å²) in [6.07, 6.45) is 2.47. The van der Waals surface area contributed by atoms with Gasteiger partial charge in [-0.3, -0.25) is 9.59 Å². The van der Waals surface area contributed by atoms with Gasteiger partial charge in [-0.25, -0.2) is 0 Å². The Hall–Kier alpha value is -0.710. The zero-order chi connectivity index (χ0) is 13.4. The number of amides is 1. The Kier molecular flexibility index (Phi) is 8.04. The number of hydrogen-bond acceptors (Lipinski definition) is 3. The maximum atomic E-state index is 12.0. The van der Waals surface area contributed by atoms with Crippen LogP contribution in [0.2, 0.25) is 0 Å². The summed E-state index contributed by atoms with van der Waals surface area (Å²) in [5, 5.41) is 8.94. The number of nitrogens with zero attached hydrogens (tertiary/aromatic N) is 1. The molecular weight excluding hydrogens is 238 g/mol. The van der Waals surface area contributed by atoms with Crippen molar-refractivity contribution in [3.05, 3.63) is 0 Å². The fourth-order valence-corrected chi connectivity index (χ4v) is 1.76. The van der Waals surface area contributed by atoms with Crippen molar-refractivity contribution in [3.63, 3.8) is 0 Å². The molecule has 0 spiro atoms. The zero-order valence-electron chi connectivity index (χ0n) is 11.1. The first-order valence-corrected chi connectivity index (χ1v) is 7.18. The number of carboxylic acid groups (broad SMARTS) is 1. The number of aliphatic carboxylic acids is 1. The Balaban J connectivity index is 4.33. The lowest BCUT2D eigenvalue weighted by Gasteiger charge is -2.25. The Labute approximate surface area is 108 Å². The standard InChI is InChI=1S/C12H23NO3S/c1-9(2)8-13(6-5-12(15)16)11(14)7-10(3)17-4/h9-10H,5-8H2,1-4H3,(H,15,16). The lowest BCUT2D eigenvalue weighted by atomic mass is 10.2. The van der Waals surface area contributed by atoms with Crippen molar-refractivity contribution in [1.82, 2.24) is 4.90 Å². The van der Waals surface area contributed by atoms with Crippen molar-refractivity contribution in [3.8, 4) is 0 Å². The van der Waals surface area contributed by atoms with Gasteiger partial charge in [0.2, 0.25) is 5.91 Å². The highest BCUT2D eigenvalue weighted by Gasteiger charge is 2.18. The van der Waals surface area contributed by atoms with E-state index >= 15 is 0 Å². The monoisotopic (exact) mass is 261 g/mol. The number of carbonyl (C=O) groups excluding carboxylic acids is 1. The lowest BCUT2D eigenvalue weighted by molar-refractivity contribution is -0.138. The normalized spacial score (nSPS) is 12.5. The van der Waals surface area contributed by atoms with Gasteiger partial charge < -0.3 is 10.0 Å². The quantitative estimate of drug-likeness (QED) is 0.727. The SMILES string of the molecule is CSC(C)CC(=O)N(CCC(=O)O)CC(C)C. The van der Waals surface area contributed by atoms with Gasteiger partial charge in [-0.2, -0.15) is 11.8 Å². The minimum Gasteiger partial charge on any atom is -0.481 e. The molecule has 0 rings (SSSR count). The molecule has 1 N–H and O–H groups in total. The van der Waals surface area contributed by atoms with Gasteiger partial charge in [-0.15, -0.1) is 0 Å². The minimum atomic E-state index is -0.857. The predicted molar refractivity (Wildman–Crippen MR) is 71.3 cm³/mol. The molecule has 0 heterocycles. The van der Waals surface area contributed by atoms with Crippen LogP contribution in [0.15, 0.2) is 0 Å². The van der Waals surface area contributed by atoms with E-state index in [1.807, 2.05) is 27.0 Å². The van der Waals surface area contributed by atoms with Crippen LogP contribution in [0.25, 0.3) is 0 Å². The van der Waals surface area contributed by atoms with Gasteiger partial charge in [-0.1, -0.05) is 20.8 Å². The van der Waals surface area contributed by atoms with Crippen LogP contribution in [0.5, 0.6) is 0 Å². The van der Waals surface area contributed by atoms with Crippen molar-refractivity contribution >= 4 is 23.6 Å². The molecule has 0 aromatic rings. The Morgan fingerprint density at radius 2 is 1.88 bits per heavy atom. The molecule has 100 valence electrons. The third-order valence-corrected chi connectivity index (χ3v) is 3.37. The average Bonchev–Trinajstić information content (AvgIpc) is 2.22. The summed E-state index contributed by atoms with van der Waals surface area (Å²) in [4.78, 5) is 24.2. The third-order valence-electron chi connectivity index (χ3n) is 2.40. The average molecular weight is 261 g/mol. The van der Waals surface area contributed by atoms with Crippen LogP contribution < -0.4 is 0 Å². The molecule has 0 bridgehead atoms. The molecule has 0 saturated heterocycles. The topological polar surface area (TPSA) is 57.6 Å². The largest absolute Gasteiger partial charge is 0.481 e. The molecule has 1 atom stereocenters. The van der Waals surface area contributed by atoms with Gasteiger partial charge in [0.05, 0.1) is 6.42 Å². The van der Waals surface area contributed by atoms with Crippen molar-refractivity contribution in [1.29, 1.82) is 0 Å². The number of hydrogen-bond donors (Lipinski definition) is 1. The number of carboxylic acids is 1. The molecule has 1 amide bonds. The first-order valence-electron chi connectivity index (χ1n) is 5.89. The summed E-state index contributed by atoms with van der Waals surface area (Å²) in [5.41, 5.74) is 0. The maximum Gasteiger partial charge on any atom is 0.305 e. The molecule has 0 aliphatic rings.